The number of hydrogen-bond acceptors (Lipinski definition) is 4. The predicted octanol–water partition coefficient (Wildman–Crippen LogP) is 6.75. The molecule has 158 valence electrons. The molecule has 2 heterocycles. The van der Waals surface area contributed by atoms with Gasteiger partial charge in [0.2, 0.25) is 0 Å². The number of alkyl halides is 3. The minimum atomic E-state index is -4.37. The van der Waals surface area contributed by atoms with Gasteiger partial charge in [-0.3, -0.25) is 4.98 Å². The van der Waals surface area contributed by atoms with Gasteiger partial charge in [0.05, 0.1) is 28.0 Å². The molecular weight excluding hydrogens is 423 g/mol. The third-order valence-corrected chi connectivity index (χ3v) is 5.94. The Kier molecular flexibility index (Phi) is 5.78. The molecule has 0 aliphatic rings. The van der Waals surface area contributed by atoms with E-state index in [-0.39, 0.29) is 5.97 Å². The van der Waals surface area contributed by atoms with E-state index in [4.69, 9.17) is 4.74 Å². The van der Waals surface area contributed by atoms with Crippen LogP contribution in [0.25, 0.3) is 21.3 Å². The molecule has 0 aliphatic heterocycles. The summed E-state index contributed by atoms with van der Waals surface area (Å²) in [7, 11) is 0. The molecule has 4 aromatic rings. The highest BCUT2D eigenvalue weighted by atomic mass is 32.1. The zero-order valence-electron chi connectivity index (χ0n) is 16.6. The molecule has 0 radical (unpaired) electrons. The smallest absolute Gasteiger partial charge is 0.416 e. The Morgan fingerprint density at radius 2 is 1.87 bits per heavy atom. The molecule has 0 atom stereocenters. The van der Waals surface area contributed by atoms with Crippen molar-refractivity contribution in [3.05, 3.63) is 88.4 Å². The molecule has 2 aromatic heterocycles. The van der Waals surface area contributed by atoms with Crippen molar-refractivity contribution in [3.8, 4) is 11.1 Å². The van der Waals surface area contributed by atoms with E-state index in [0.29, 0.717) is 24.2 Å². The van der Waals surface area contributed by atoms with Crippen LogP contribution in [0, 0.1) is 0 Å². The number of thiophene rings is 1. The monoisotopic (exact) mass is 441 g/mol. The molecule has 0 amide bonds. The third-order valence-electron chi connectivity index (χ3n) is 4.78. The fraction of sp³-hybridized carbons (Fsp3) is 0.167. The molecule has 0 spiro atoms. The van der Waals surface area contributed by atoms with Crippen LogP contribution in [0.2, 0.25) is 0 Å². The first-order valence-electron chi connectivity index (χ1n) is 9.66. The summed E-state index contributed by atoms with van der Waals surface area (Å²) in [5, 5.41) is 0. The Bertz CT molecular complexity index is 1250. The molecule has 0 fully saturated rings. The van der Waals surface area contributed by atoms with Crippen molar-refractivity contribution >= 4 is 27.5 Å². The van der Waals surface area contributed by atoms with E-state index >= 15 is 0 Å². The Hall–Kier alpha value is -3.19. The van der Waals surface area contributed by atoms with Gasteiger partial charge < -0.3 is 4.74 Å². The van der Waals surface area contributed by atoms with Crippen LogP contribution in [0.15, 0.2) is 66.9 Å². The number of aromatic nitrogens is 1. The number of benzene rings is 2. The van der Waals surface area contributed by atoms with Crippen LogP contribution in [0.5, 0.6) is 0 Å². The number of rotatable bonds is 5. The highest BCUT2D eigenvalue weighted by Gasteiger charge is 2.30. The number of pyridine rings is 1. The molecular formula is C24H18F3NO2S. The first-order chi connectivity index (χ1) is 14.8. The lowest BCUT2D eigenvalue weighted by molar-refractivity contribution is -0.137. The lowest BCUT2D eigenvalue weighted by Gasteiger charge is -2.08. The number of carbonyl (C=O) groups excluding carboxylic acids is 1. The molecule has 0 saturated carbocycles. The van der Waals surface area contributed by atoms with Crippen molar-refractivity contribution in [3.63, 3.8) is 0 Å². The van der Waals surface area contributed by atoms with E-state index in [0.717, 1.165) is 32.3 Å². The van der Waals surface area contributed by atoms with Gasteiger partial charge in [-0.05, 0) is 48.4 Å². The summed E-state index contributed by atoms with van der Waals surface area (Å²) in [5.41, 5.74) is 2.94. The second kappa shape index (κ2) is 8.51. The summed E-state index contributed by atoms with van der Waals surface area (Å²) in [6.07, 6.45) is -2.29. The summed E-state index contributed by atoms with van der Waals surface area (Å²) < 4.78 is 45.0. The van der Waals surface area contributed by atoms with Gasteiger partial charge in [-0.2, -0.15) is 13.2 Å². The molecule has 2 aromatic carbocycles. The number of esters is 1. The van der Waals surface area contributed by atoms with Crippen molar-refractivity contribution in [2.24, 2.45) is 0 Å². The molecule has 3 nitrogen and oxygen atoms in total. The van der Waals surface area contributed by atoms with Gasteiger partial charge in [-0.15, -0.1) is 11.3 Å². The van der Waals surface area contributed by atoms with Gasteiger partial charge in [0.15, 0.2) is 0 Å². The van der Waals surface area contributed by atoms with Crippen molar-refractivity contribution < 1.29 is 22.7 Å². The van der Waals surface area contributed by atoms with Gasteiger partial charge in [-0.1, -0.05) is 30.3 Å². The third kappa shape index (κ3) is 4.61. The van der Waals surface area contributed by atoms with E-state index in [1.807, 2.05) is 18.2 Å². The maximum absolute atomic E-state index is 13.0. The standard InChI is InChI=1S/C24H18F3NO2S/c1-2-30-23(29)17-7-4-6-16(13-17)20-9-10-28-21-14-19(31-22(20)21)12-15-5-3-8-18(11-15)24(25,26)27/h3-11,13-14H,2,12H2,1H3. The minimum Gasteiger partial charge on any atom is -0.462 e. The van der Waals surface area contributed by atoms with Crippen LogP contribution in [0.1, 0.15) is 33.3 Å². The average molecular weight is 441 g/mol. The van der Waals surface area contributed by atoms with E-state index in [1.165, 1.54) is 23.5 Å². The SMILES string of the molecule is CCOC(=O)c1cccc(-c2ccnc3cc(Cc4cccc(C(F)(F)F)c4)sc23)c1. The highest BCUT2D eigenvalue weighted by molar-refractivity contribution is 7.19. The van der Waals surface area contributed by atoms with Crippen LogP contribution in [-0.2, 0) is 17.3 Å². The summed E-state index contributed by atoms with van der Waals surface area (Å²) in [6, 6.07) is 16.3. The van der Waals surface area contributed by atoms with Crippen molar-refractivity contribution in [2.75, 3.05) is 6.61 Å². The summed E-state index contributed by atoms with van der Waals surface area (Å²) in [4.78, 5) is 17.4. The van der Waals surface area contributed by atoms with Crippen LogP contribution >= 0.6 is 11.3 Å². The van der Waals surface area contributed by atoms with Crippen LogP contribution in [0.4, 0.5) is 13.2 Å². The van der Waals surface area contributed by atoms with Crippen LogP contribution < -0.4 is 0 Å². The fourth-order valence-corrected chi connectivity index (χ4v) is 4.57. The zero-order chi connectivity index (χ0) is 22.0. The van der Waals surface area contributed by atoms with Crippen molar-refractivity contribution in [1.82, 2.24) is 4.98 Å². The topological polar surface area (TPSA) is 39.2 Å². The second-order valence-electron chi connectivity index (χ2n) is 6.96. The van der Waals surface area contributed by atoms with Gasteiger partial charge in [-0.25, -0.2) is 4.79 Å². The largest absolute Gasteiger partial charge is 0.462 e. The van der Waals surface area contributed by atoms with Crippen molar-refractivity contribution in [1.29, 1.82) is 0 Å². The van der Waals surface area contributed by atoms with Gasteiger partial charge in [0.25, 0.3) is 0 Å². The number of fused-ring (bicyclic) bond motifs is 1. The fourth-order valence-electron chi connectivity index (χ4n) is 3.39. The first-order valence-corrected chi connectivity index (χ1v) is 10.5. The molecule has 7 heteroatoms. The quantitative estimate of drug-likeness (QED) is 0.322. The predicted molar refractivity (Wildman–Crippen MR) is 115 cm³/mol. The number of hydrogen-bond donors (Lipinski definition) is 0. The number of nitrogens with zero attached hydrogens (tertiary/aromatic N) is 1. The number of halogens is 3. The summed E-state index contributed by atoms with van der Waals surface area (Å²) in [5.74, 6) is -0.383. The van der Waals surface area contributed by atoms with E-state index in [2.05, 4.69) is 4.98 Å². The molecule has 31 heavy (non-hydrogen) atoms. The number of ether oxygens (including phenoxy) is 1. The number of carbonyl (C=O) groups is 1. The Morgan fingerprint density at radius 1 is 1.06 bits per heavy atom. The first kappa shape index (κ1) is 21.1. The Labute approximate surface area is 181 Å². The van der Waals surface area contributed by atoms with E-state index in [9.17, 15) is 18.0 Å². The normalized spacial score (nSPS) is 11.6. The molecule has 4 rings (SSSR count). The summed E-state index contributed by atoms with van der Waals surface area (Å²) in [6.45, 7) is 2.05. The lowest BCUT2D eigenvalue weighted by Crippen LogP contribution is -2.05. The molecule has 0 aliphatic carbocycles. The zero-order valence-corrected chi connectivity index (χ0v) is 17.4. The van der Waals surface area contributed by atoms with Crippen molar-refractivity contribution in [2.45, 2.75) is 19.5 Å². The molecule has 0 unspecified atom stereocenters. The molecule has 0 saturated heterocycles. The molecule has 0 bridgehead atoms. The maximum Gasteiger partial charge on any atom is 0.416 e. The second-order valence-corrected chi connectivity index (χ2v) is 8.10. The Balaban J connectivity index is 1.69. The summed E-state index contributed by atoms with van der Waals surface area (Å²) >= 11 is 1.49. The Morgan fingerprint density at radius 3 is 2.65 bits per heavy atom. The molecule has 0 N–H and O–H groups in total. The minimum absolute atomic E-state index is 0.298. The van der Waals surface area contributed by atoms with Crippen LogP contribution in [-0.4, -0.2) is 17.6 Å². The van der Waals surface area contributed by atoms with Crippen LogP contribution in [0.3, 0.4) is 0 Å². The lowest BCUT2D eigenvalue weighted by atomic mass is 10.0. The van der Waals surface area contributed by atoms with Gasteiger partial charge in [0.1, 0.15) is 0 Å². The highest BCUT2D eigenvalue weighted by Crippen LogP contribution is 2.36. The average Bonchev–Trinajstić information content (AvgIpc) is 3.16. The van der Waals surface area contributed by atoms with Gasteiger partial charge >= 0.3 is 12.1 Å². The maximum atomic E-state index is 13.0. The van der Waals surface area contributed by atoms with E-state index in [1.54, 1.807) is 37.4 Å². The van der Waals surface area contributed by atoms with E-state index < -0.39 is 11.7 Å². The van der Waals surface area contributed by atoms with Gasteiger partial charge in [0, 0.05) is 23.1 Å².